The first-order valence-corrected chi connectivity index (χ1v) is 11.4. The molecule has 0 radical (unpaired) electrons. The lowest BCUT2D eigenvalue weighted by Gasteiger charge is -2.25. The minimum Gasteiger partial charge on any atom is -0.454 e. The maximum atomic E-state index is 13.1. The van der Waals surface area contributed by atoms with Crippen LogP contribution in [0.4, 0.5) is 13.2 Å². The average molecular weight is 515 g/mol. The molecule has 1 aromatic rings. The molecule has 0 bridgehead atoms. The topological polar surface area (TPSA) is 132 Å². The van der Waals surface area contributed by atoms with E-state index >= 15 is 0 Å². The van der Waals surface area contributed by atoms with E-state index in [0.29, 0.717) is 24.5 Å². The van der Waals surface area contributed by atoms with Gasteiger partial charge in [0.2, 0.25) is 18.6 Å². The van der Waals surface area contributed by atoms with Gasteiger partial charge in [-0.3, -0.25) is 23.9 Å². The van der Waals surface area contributed by atoms with Gasteiger partial charge in [0.1, 0.15) is 12.6 Å². The lowest BCUT2D eigenvalue weighted by atomic mass is 9.95. The molecule has 10 nitrogen and oxygen atoms in total. The van der Waals surface area contributed by atoms with Crippen LogP contribution in [0.2, 0.25) is 0 Å². The highest BCUT2D eigenvalue weighted by molar-refractivity contribution is 5.99. The molecule has 3 atom stereocenters. The van der Waals surface area contributed by atoms with Crippen LogP contribution < -0.4 is 25.4 Å². The van der Waals surface area contributed by atoms with Gasteiger partial charge in [0.25, 0.3) is 5.91 Å². The second-order valence-corrected chi connectivity index (χ2v) is 9.00. The zero-order chi connectivity index (χ0) is 26.5. The van der Waals surface area contributed by atoms with Crippen LogP contribution in [0.25, 0.3) is 0 Å². The second-order valence-electron chi connectivity index (χ2n) is 9.00. The Morgan fingerprint density at radius 2 is 1.86 bits per heavy atom. The number of nitrogens with one attached hydrogen (secondary N) is 3. The largest absolute Gasteiger partial charge is 0.522 e. The monoisotopic (exact) mass is 515 g/mol. The third kappa shape index (κ3) is 7.57. The summed E-state index contributed by atoms with van der Waals surface area (Å²) in [7, 11) is 0. The fourth-order valence-corrected chi connectivity index (χ4v) is 3.93. The van der Waals surface area contributed by atoms with Crippen molar-refractivity contribution in [3.8, 4) is 11.5 Å². The predicted molar refractivity (Wildman–Crippen MR) is 118 cm³/mol. The number of fused-ring (bicyclic) bond motifs is 1. The van der Waals surface area contributed by atoms with Gasteiger partial charge in [-0.1, -0.05) is 13.8 Å². The molecule has 0 saturated carbocycles. The molecule has 3 rings (SSSR count). The van der Waals surface area contributed by atoms with Gasteiger partial charge < -0.3 is 25.4 Å². The van der Waals surface area contributed by atoms with E-state index in [9.17, 15) is 32.3 Å². The highest BCUT2D eigenvalue weighted by Gasteiger charge is 2.36. The molecule has 3 amide bonds. The summed E-state index contributed by atoms with van der Waals surface area (Å²) >= 11 is 0. The van der Waals surface area contributed by atoms with Crippen molar-refractivity contribution in [1.29, 1.82) is 0 Å². The molecule has 36 heavy (non-hydrogen) atoms. The fourth-order valence-electron chi connectivity index (χ4n) is 3.93. The fraction of sp³-hybridized carbons (Fsp3) is 0.565. The van der Waals surface area contributed by atoms with Crippen molar-refractivity contribution in [3.05, 3.63) is 23.8 Å². The molecule has 0 aliphatic carbocycles. The molecule has 2 heterocycles. The summed E-state index contributed by atoms with van der Waals surface area (Å²) in [6.07, 6.45) is -4.67. The Morgan fingerprint density at radius 1 is 1.14 bits per heavy atom. The van der Waals surface area contributed by atoms with Crippen molar-refractivity contribution < 1.29 is 46.6 Å². The van der Waals surface area contributed by atoms with Gasteiger partial charge in [-0.15, -0.1) is 13.2 Å². The van der Waals surface area contributed by atoms with Crippen molar-refractivity contribution in [3.63, 3.8) is 0 Å². The number of amides is 3. The van der Waals surface area contributed by atoms with Crippen LogP contribution in [-0.2, 0) is 19.1 Å². The Balaban J connectivity index is 1.72. The van der Waals surface area contributed by atoms with Gasteiger partial charge in [0, 0.05) is 18.0 Å². The van der Waals surface area contributed by atoms with E-state index in [1.54, 1.807) is 6.07 Å². The van der Waals surface area contributed by atoms with E-state index in [1.807, 2.05) is 13.8 Å². The van der Waals surface area contributed by atoms with Crippen LogP contribution in [0, 0.1) is 11.8 Å². The SMILES string of the molecule is CC(C)C[C@H](NC(=O)c1ccc2c(c1)OCO2)C(=O)N[C@@H](C[C@@H]1CCNC1=O)C(=O)COC(F)(F)F. The van der Waals surface area contributed by atoms with Crippen molar-refractivity contribution >= 4 is 23.5 Å². The smallest absolute Gasteiger partial charge is 0.454 e. The third-order valence-corrected chi connectivity index (χ3v) is 5.73. The van der Waals surface area contributed by atoms with Crippen molar-refractivity contribution in [2.45, 2.75) is 51.6 Å². The Kier molecular flexibility index (Phi) is 8.77. The summed E-state index contributed by atoms with van der Waals surface area (Å²) in [6, 6.07) is 2.00. The molecule has 2 aliphatic rings. The molecule has 0 aromatic heterocycles. The Hall–Kier alpha value is -3.35. The van der Waals surface area contributed by atoms with E-state index < -0.39 is 48.6 Å². The summed E-state index contributed by atoms with van der Waals surface area (Å²) in [4.78, 5) is 50.5. The number of ether oxygens (including phenoxy) is 3. The minimum atomic E-state index is -5.03. The number of rotatable bonds is 11. The van der Waals surface area contributed by atoms with Gasteiger partial charge in [0.05, 0.1) is 6.04 Å². The molecule has 1 saturated heterocycles. The molecule has 13 heteroatoms. The van der Waals surface area contributed by atoms with E-state index in [2.05, 4.69) is 20.7 Å². The summed E-state index contributed by atoms with van der Waals surface area (Å²) < 4.78 is 51.5. The predicted octanol–water partition coefficient (Wildman–Crippen LogP) is 1.68. The van der Waals surface area contributed by atoms with E-state index in [0.717, 1.165) is 0 Å². The number of hydrogen-bond acceptors (Lipinski definition) is 7. The quantitative estimate of drug-likeness (QED) is 0.409. The summed E-state index contributed by atoms with van der Waals surface area (Å²) in [5, 5.41) is 7.62. The summed E-state index contributed by atoms with van der Waals surface area (Å²) in [6.45, 7) is 2.69. The zero-order valence-corrected chi connectivity index (χ0v) is 19.8. The number of hydrogen-bond donors (Lipinski definition) is 3. The Labute approximate surface area is 205 Å². The number of benzene rings is 1. The van der Waals surface area contributed by atoms with Gasteiger partial charge in [-0.25, -0.2) is 0 Å². The molecule has 198 valence electrons. The van der Waals surface area contributed by atoms with Crippen LogP contribution in [0.15, 0.2) is 18.2 Å². The van der Waals surface area contributed by atoms with Crippen LogP contribution >= 0.6 is 0 Å². The average Bonchev–Trinajstić information content (AvgIpc) is 3.43. The van der Waals surface area contributed by atoms with Gasteiger partial charge in [0.15, 0.2) is 17.3 Å². The summed E-state index contributed by atoms with van der Waals surface area (Å²) in [5.41, 5.74) is 0.203. The minimum absolute atomic E-state index is 0.0191. The normalized spacial score (nSPS) is 18.5. The second kappa shape index (κ2) is 11.6. The van der Waals surface area contributed by atoms with Gasteiger partial charge in [-0.2, -0.15) is 0 Å². The number of halogens is 3. The van der Waals surface area contributed by atoms with Crippen LogP contribution in [0.3, 0.4) is 0 Å². The first-order chi connectivity index (χ1) is 16.9. The lowest BCUT2D eigenvalue weighted by molar-refractivity contribution is -0.321. The van der Waals surface area contributed by atoms with Crippen molar-refractivity contribution in [2.75, 3.05) is 19.9 Å². The number of carbonyl (C=O) groups excluding carboxylic acids is 4. The van der Waals surface area contributed by atoms with Gasteiger partial charge >= 0.3 is 6.36 Å². The Morgan fingerprint density at radius 3 is 2.50 bits per heavy atom. The molecule has 0 unspecified atom stereocenters. The van der Waals surface area contributed by atoms with Crippen LogP contribution in [0.5, 0.6) is 11.5 Å². The highest BCUT2D eigenvalue weighted by Crippen LogP contribution is 2.32. The summed E-state index contributed by atoms with van der Waals surface area (Å²) in [5.74, 6) is -2.61. The first-order valence-electron chi connectivity index (χ1n) is 11.4. The third-order valence-electron chi connectivity index (χ3n) is 5.73. The molecular weight excluding hydrogens is 487 g/mol. The Bertz CT molecular complexity index is 1000. The maximum Gasteiger partial charge on any atom is 0.522 e. The van der Waals surface area contributed by atoms with E-state index in [4.69, 9.17) is 9.47 Å². The number of Topliss-reactive ketones (excluding diaryl/α,β-unsaturated/α-hetero) is 1. The standard InChI is InChI=1S/C23H28F3N3O7/c1-12(2)7-16(29-21(32)13-3-4-18-19(9-13)35-11-34-18)22(33)28-15(8-14-5-6-27-20(14)31)17(30)10-36-23(24,25)26/h3-4,9,12,14-16H,5-8,10-11H2,1-2H3,(H,27,31)(H,28,33)(H,29,32)/t14-,15-,16-/m0/s1. The molecule has 2 aliphatic heterocycles. The zero-order valence-electron chi connectivity index (χ0n) is 19.8. The number of alkyl halides is 3. The number of carbonyl (C=O) groups is 4. The van der Waals surface area contributed by atoms with Crippen molar-refractivity contribution in [1.82, 2.24) is 16.0 Å². The molecule has 0 spiro atoms. The highest BCUT2D eigenvalue weighted by atomic mass is 19.4. The van der Waals surface area contributed by atoms with Crippen LogP contribution in [0.1, 0.15) is 43.5 Å². The van der Waals surface area contributed by atoms with E-state index in [-0.39, 0.29) is 37.0 Å². The number of ketones is 1. The molecule has 1 fully saturated rings. The van der Waals surface area contributed by atoms with E-state index in [1.165, 1.54) is 12.1 Å². The maximum absolute atomic E-state index is 13.1. The molecule has 1 aromatic carbocycles. The molecular formula is C23H28F3N3O7. The van der Waals surface area contributed by atoms with Gasteiger partial charge in [-0.05, 0) is 43.4 Å². The van der Waals surface area contributed by atoms with Crippen LogP contribution in [-0.4, -0.2) is 61.9 Å². The first kappa shape index (κ1) is 27.2. The van der Waals surface area contributed by atoms with Crippen molar-refractivity contribution in [2.24, 2.45) is 11.8 Å². The molecule has 3 N–H and O–H groups in total. The lowest BCUT2D eigenvalue weighted by Crippen LogP contribution is -2.53.